The second-order valence-corrected chi connectivity index (χ2v) is 10.4. The minimum Gasteiger partial charge on any atom is -0.299 e. The highest BCUT2D eigenvalue weighted by atomic mass is 32.2. The zero-order valence-corrected chi connectivity index (χ0v) is 18.7. The minimum atomic E-state index is -3.11. The molecule has 2 heterocycles. The molecule has 0 atom stereocenters. The zero-order valence-electron chi connectivity index (χ0n) is 17.8. The van der Waals surface area contributed by atoms with Crippen LogP contribution >= 0.6 is 0 Å². The Bertz CT molecular complexity index is 866. The molecule has 29 heavy (non-hydrogen) atoms. The van der Waals surface area contributed by atoms with E-state index in [-0.39, 0.29) is 0 Å². The predicted molar refractivity (Wildman–Crippen MR) is 117 cm³/mol. The lowest BCUT2D eigenvalue weighted by Gasteiger charge is -2.31. The number of likely N-dealkylation sites (tertiary alicyclic amines) is 1. The van der Waals surface area contributed by atoms with E-state index in [2.05, 4.69) is 59.0 Å². The molecule has 1 fully saturated rings. The van der Waals surface area contributed by atoms with Gasteiger partial charge in [-0.3, -0.25) is 9.58 Å². The molecule has 2 aromatic rings. The molecule has 1 N–H and O–H groups in total. The Morgan fingerprint density at radius 3 is 2.34 bits per heavy atom. The van der Waals surface area contributed by atoms with E-state index < -0.39 is 10.0 Å². The molecule has 1 aromatic heterocycles. The molecule has 160 valence electrons. The Hall–Kier alpha value is -1.70. The molecule has 1 aromatic carbocycles. The van der Waals surface area contributed by atoms with Gasteiger partial charge < -0.3 is 0 Å². The van der Waals surface area contributed by atoms with Gasteiger partial charge in [0.05, 0.1) is 12.5 Å². The summed E-state index contributed by atoms with van der Waals surface area (Å²) in [5.41, 5.74) is 3.85. The maximum absolute atomic E-state index is 11.1. The second kappa shape index (κ2) is 9.87. The average Bonchev–Trinajstić information content (AvgIpc) is 3.13. The molecule has 1 aliphatic rings. The normalized spacial score (nSPS) is 16.6. The van der Waals surface area contributed by atoms with Crippen molar-refractivity contribution in [2.24, 2.45) is 5.92 Å². The van der Waals surface area contributed by atoms with Crippen molar-refractivity contribution in [3.63, 3.8) is 0 Å². The van der Waals surface area contributed by atoms with E-state index >= 15 is 0 Å². The molecule has 7 heteroatoms. The summed E-state index contributed by atoms with van der Waals surface area (Å²) in [6.45, 7) is 8.05. The van der Waals surface area contributed by atoms with Crippen molar-refractivity contribution in [2.45, 2.75) is 52.1 Å². The van der Waals surface area contributed by atoms with Crippen molar-refractivity contribution in [3.8, 4) is 0 Å². The maximum Gasteiger partial charge on any atom is 0.208 e. The van der Waals surface area contributed by atoms with Gasteiger partial charge in [0.2, 0.25) is 10.0 Å². The van der Waals surface area contributed by atoms with Crippen LogP contribution in [-0.2, 0) is 29.4 Å². The van der Waals surface area contributed by atoms with Crippen LogP contribution in [0.3, 0.4) is 0 Å². The summed E-state index contributed by atoms with van der Waals surface area (Å²) >= 11 is 0. The summed E-state index contributed by atoms with van der Waals surface area (Å²) in [6.07, 6.45) is 9.68. The number of hydrogen-bond donors (Lipinski definition) is 1. The molecule has 1 saturated heterocycles. The Balaban J connectivity index is 1.40. The second-order valence-electron chi connectivity index (χ2n) is 8.58. The number of nitrogens with one attached hydrogen (secondary N) is 1. The van der Waals surface area contributed by atoms with Gasteiger partial charge in [-0.1, -0.05) is 24.3 Å². The fourth-order valence-corrected chi connectivity index (χ4v) is 4.38. The topological polar surface area (TPSA) is 67.2 Å². The van der Waals surface area contributed by atoms with E-state index in [1.54, 1.807) is 0 Å². The molecular formula is C22H34N4O2S. The first-order chi connectivity index (χ1) is 13.8. The standard InChI is InChI=1S/C22H34N4O2S/c1-18(2)26-17-22(15-23-26)16-25-12-9-21(10-13-25)14-20-6-4-19(5-7-20)8-11-24-29(3,27)28/h4-7,15,17-18,21,24H,8-14,16H2,1-3H3. The fourth-order valence-electron chi connectivity index (χ4n) is 3.90. The SMILES string of the molecule is CC(C)n1cc(CN2CCC(Cc3ccc(CCNS(C)(=O)=O)cc3)CC2)cn1. The van der Waals surface area contributed by atoms with Crippen molar-refractivity contribution >= 4 is 10.0 Å². The first-order valence-electron chi connectivity index (χ1n) is 10.6. The zero-order chi connectivity index (χ0) is 20.9. The van der Waals surface area contributed by atoms with Crippen LogP contribution in [0, 0.1) is 5.92 Å². The molecular weight excluding hydrogens is 384 g/mol. The molecule has 3 rings (SSSR count). The summed E-state index contributed by atoms with van der Waals surface area (Å²) in [7, 11) is -3.11. The smallest absolute Gasteiger partial charge is 0.208 e. The molecule has 0 amide bonds. The number of rotatable bonds is 9. The van der Waals surface area contributed by atoms with E-state index in [1.165, 1.54) is 35.8 Å². The van der Waals surface area contributed by atoms with Gasteiger partial charge in [-0.15, -0.1) is 0 Å². The van der Waals surface area contributed by atoms with E-state index in [0.717, 1.165) is 38.4 Å². The van der Waals surface area contributed by atoms with Crippen LogP contribution in [0.25, 0.3) is 0 Å². The van der Waals surface area contributed by atoms with Crippen LogP contribution in [0.2, 0.25) is 0 Å². The number of hydrogen-bond acceptors (Lipinski definition) is 4. The van der Waals surface area contributed by atoms with E-state index in [1.807, 2.05) is 10.9 Å². The molecule has 0 saturated carbocycles. The van der Waals surface area contributed by atoms with Gasteiger partial charge in [0.1, 0.15) is 0 Å². The van der Waals surface area contributed by atoms with Gasteiger partial charge >= 0.3 is 0 Å². The number of nitrogens with zero attached hydrogens (tertiary/aromatic N) is 3. The van der Waals surface area contributed by atoms with Crippen LogP contribution in [-0.4, -0.2) is 49.0 Å². The van der Waals surface area contributed by atoms with Crippen molar-refractivity contribution in [1.82, 2.24) is 19.4 Å². The van der Waals surface area contributed by atoms with Crippen LogP contribution < -0.4 is 4.72 Å². The Morgan fingerprint density at radius 1 is 1.10 bits per heavy atom. The third-order valence-electron chi connectivity index (χ3n) is 5.62. The molecule has 0 radical (unpaired) electrons. The molecule has 0 unspecified atom stereocenters. The lowest BCUT2D eigenvalue weighted by atomic mass is 9.89. The monoisotopic (exact) mass is 418 g/mol. The van der Waals surface area contributed by atoms with Gasteiger partial charge in [0.15, 0.2) is 0 Å². The van der Waals surface area contributed by atoms with Crippen LogP contribution in [0.15, 0.2) is 36.7 Å². The van der Waals surface area contributed by atoms with Crippen molar-refractivity contribution in [1.29, 1.82) is 0 Å². The number of piperidine rings is 1. The summed E-state index contributed by atoms with van der Waals surface area (Å²) in [4.78, 5) is 2.54. The van der Waals surface area contributed by atoms with E-state index in [4.69, 9.17) is 0 Å². The van der Waals surface area contributed by atoms with Gasteiger partial charge in [0.25, 0.3) is 0 Å². The molecule has 0 bridgehead atoms. The molecule has 1 aliphatic heterocycles. The first-order valence-corrected chi connectivity index (χ1v) is 12.5. The number of benzene rings is 1. The molecule has 6 nitrogen and oxygen atoms in total. The lowest BCUT2D eigenvalue weighted by molar-refractivity contribution is 0.177. The van der Waals surface area contributed by atoms with Crippen molar-refractivity contribution < 1.29 is 8.42 Å². The van der Waals surface area contributed by atoms with Crippen molar-refractivity contribution in [2.75, 3.05) is 25.9 Å². The summed E-state index contributed by atoms with van der Waals surface area (Å²) < 4.78 is 26.8. The van der Waals surface area contributed by atoms with Crippen LogP contribution in [0.1, 0.15) is 49.4 Å². The quantitative estimate of drug-likeness (QED) is 0.680. The largest absolute Gasteiger partial charge is 0.299 e. The highest BCUT2D eigenvalue weighted by molar-refractivity contribution is 7.88. The fraction of sp³-hybridized carbons (Fsp3) is 0.591. The summed E-state index contributed by atoms with van der Waals surface area (Å²) in [6, 6.07) is 9.06. The van der Waals surface area contributed by atoms with Crippen LogP contribution in [0.4, 0.5) is 0 Å². The van der Waals surface area contributed by atoms with Crippen molar-refractivity contribution in [3.05, 3.63) is 53.3 Å². The Morgan fingerprint density at radius 2 is 1.76 bits per heavy atom. The third-order valence-corrected chi connectivity index (χ3v) is 6.35. The van der Waals surface area contributed by atoms with E-state index in [9.17, 15) is 8.42 Å². The Kier molecular flexibility index (Phi) is 7.49. The number of sulfonamides is 1. The third kappa shape index (κ3) is 7.24. The number of aromatic nitrogens is 2. The molecule has 0 spiro atoms. The summed E-state index contributed by atoms with van der Waals surface area (Å²) in [5, 5.41) is 4.45. The average molecular weight is 419 g/mol. The van der Waals surface area contributed by atoms with Gasteiger partial charge in [0, 0.05) is 30.9 Å². The first kappa shape index (κ1) is 22.0. The van der Waals surface area contributed by atoms with Gasteiger partial charge in [-0.2, -0.15) is 5.10 Å². The minimum absolute atomic E-state index is 0.414. The predicted octanol–water partition coefficient (Wildman–Crippen LogP) is 3.01. The summed E-state index contributed by atoms with van der Waals surface area (Å²) in [5.74, 6) is 0.738. The molecule has 0 aliphatic carbocycles. The highest BCUT2D eigenvalue weighted by Gasteiger charge is 2.20. The maximum atomic E-state index is 11.1. The lowest BCUT2D eigenvalue weighted by Crippen LogP contribution is -2.33. The van der Waals surface area contributed by atoms with Gasteiger partial charge in [-0.05, 0) is 69.7 Å². The van der Waals surface area contributed by atoms with Crippen LogP contribution in [0.5, 0.6) is 0 Å². The van der Waals surface area contributed by atoms with E-state index in [0.29, 0.717) is 12.6 Å². The van der Waals surface area contributed by atoms with Gasteiger partial charge in [-0.25, -0.2) is 13.1 Å². The highest BCUT2D eigenvalue weighted by Crippen LogP contribution is 2.23. The Labute approximate surface area is 175 Å².